The number of aryl methyl sites for hydroxylation is 3. The molecule has 3 aromatic carbocycles. The fourth-order valence-corrected chi connectivity index (χ4v) is 7.66. The quantitative estimate of drug-likeness (QED) is 0.205. The maximum atomic E-state index is 11.9. The lowest BCUT2D eigenvalue weighted by atomic mass is 9.86. The number of aromatic nitrogens is 3. The molecule has 1 aliphatic heterocycles. The van der Waals surface area contributed by atoms with Gasteiger partial charge >= 0.3 is 5.97 Å². The third-order valence-corrected chi connectivity index (χ3v) is 10.1. The van der Waals surface area contributed by atoms with Gasteiger partial charge in [-0.25, -0.2) is 4.68 Å². The highest BCUT2D eigenvalue weighted by molar-refractivity contribution is 8.22. The van der Waals surface area contributed by atoms with Crippen molar-refractivity contribution in [1.82, 2.24) is 19.3 Å². The molecular weight excluding hydrogens is 538 g/mol. The average Bonchev–Trinajstić information content (AvgIpc) is 3.26. The van der Waals surface area contributed by atoms with E-state index in [0.29, 0.717) is 30.0 Å². The van der Waals surface area contributed by atoms with Crippen LogP contribution in [0.4, 0.5) is 0 Å². The summed E-state index contributed by atoms with van der Waals surface area (Å²) in [7, 11) is -1.41. The number of aliphatic carboxylic acids is 1. The Bertz CT molecular complexity index is 1570. The van der Waals surface area contributed by atoms with Crippen LogP contribution in [0.15, 0.2) is 59.5 Å². The number of hydrogen-bond donors (Lipinski definition) is 4. The summed E-state index contributed by atoms with van der Waals surface area (Å²) in [4.78, 5) is 12.5. The van der Waals surface area contributed by atoms with Crippen LogP contribution in [0.1, 0.15) is 59.1 Å². The number of carboxylic acid groups (broad SMARTS) is 1. The van der Waals surface area contributed by atoms with Crippen LogP contribution in [0.3, 0.4) is 0 Å². The van der Waals surface area contributed by atoms with Gasteiger partial charge < -0.3 is 10.8 Å². The van der Waals surface area contributed by atoms with Gasteiger partial charge in [-0.3, -0.25) is 13.9 Å². The summed E-state index contributed by atoms with van der Waals surface area (Å²) in [5.74, 6) is -1.07. The van der Waals surface area contributed by atoms with Crippen molar-refractivity contribution in [3.05, 3.63) is 88.0 Å². The smallest absolute Gasteiger partial charge is 0.304 e. The summed E-state index contributed by atoms with van der Waals surface area (Å²) in [5, 5.41) is 18.1. The van der Waals surface area contributed by atoms with Gasteiger partial charge in [0.1, 0.15) is 5.52 Å². The number of fused-ring (bicyclic) bond motifs is 2. The van der Waals surface area contributed by atoms with Crippen molar-refractivity contribution in [2.45, 2.75) is 56.9 Å². The van der Waals surface area contributed by atoms with Crippen molar-refractivity contribution >= 4 is 27.8 Å². The zero-order valence-corrected chi connectivity index (χ0v) is 24.6. The average molecular weight is 578 g/mol. The van der Waals surface area contributed by atoms with Gasteiger partial charge in [0, 0.05) is 26.1 Å². The summed E-state index contributed by atoms with van der Waals surface area (Å²) in [6.45, 7) is 5.63. The van der Waals surface area contributed by atoms with E-state index < -0.39 is 22.7 Å². The van der Waals surface area contributed by atoms with E-state index in [1.54, 1.807) is 8.99 Å². The zero-order chi connectivity index (χ0) is 29.3. The maximum Gasteiger partial charge on any atom is 0.304 e. The number of hydrogen-bond acceptors (Lipinski definition) is 7. The van der Waals surface area contributed by atoms with E-state index in [0.717, 1.165) is 58.2 Å². The van der Waals surface area contributed by atoms with Crippen molar-refractivity contribution in [1.29, 1.82) is 0 Å². The molecule has 0 fully saturated rings. The Labute approximate surface area is 242 Å². The standard InChI is InChI=1S/C31H39N5O4S/c1-20-13-25-14-22(5-4-12-32)7-11-30(25)41(39,40)36(18-20)19-26-15-23(8-6-21(26)2)27(17-31(37)38)24-9-10-29-28(16-24)33-34-35(29)3/h6-11,14-16,20,27,39-40H,4-5,12-13,17-19,32H2,1-3H3,(H,37,38). The number of nitrogens with two attached hydrogens (primary N) is 1. The highest BCUT2D eigenvalue weighted by Gasteiger charge is 2.33. The first-order valence-corrected chi connectivity index (χ1v) is 15.5. The van der Waals surface area contributed by atoms with Crippen LogP contribution in [0.5, 0.6) is 0 Å². The first-order valence-electron chi connectivity index (χ1n) is 14.0. The maximum absolute atomic E-state index is 11.9. The molecule has 2 unspecified atom stereocenters. The molecule has 5 rings (SSSR count). The summed E-state index contributed by atoms with van der Waals surface area (Å²) in [5.41, 5.74) is 13.1. The van der Waals surface area contributed by atoms with E-state index in [2.05, 4.69) is 23.3 Å². The van der Waals surface area contributed by atoms with Gasteiger partial charge in [-0.1, -0.05) is 48.5 Å². The molecule has 0 bridgehead atoms. The van der Waals surface area contributed by atoms with Crippen molar-refractivity contribution in [3.8, 4) is 0 Å². The highest BCUT2D eigenvalue weighted by atomic mass is 32.3. The minimum absolute atomic E-state index is 0.0793. The summed E-state index contributed by atoms with van der Waals surface area (Å²) in [6, 6.07) is 17.7. The largest absolute Gasteiger partial charge is 0.481 e. The minimum Gasteiger partial charge on any atom is -0.481 e. The van der Waals surface area contributed by atoms with Gasteiger partial charge in [0.15, 0.2) is 0 Å². The van der Waals surface area contributed by atoms with E-state index in [9.17, 15) is 19.0 Å². The van der Waals surface area contributed by atoms with Crippen molar-refractivity contribution in [2.24, 2.45) is 18.7 Å². The molecule has 10 heteroatoms. The van der Waals surface area contributed by atoms with Crippen LogP contribution in [0.2, 0.25) is 0 Å². The van der Waals surface area contributed by atoms with E-state index in [-0.39, 0.29) is 12.3 Å². The Balaban J connectivity index is 1.48. The molecule has 0 radical (unpaired) electrons. The molecule has 2 heterocycles. The zero-order valence-electron chi connectivity index (χ0n) is 23.8. The Morgan fingerprint density at radius 2 is 1.88 bits per heavy atom. The Morgan fingerprint density at radius 1 is 1.12 bits per heavy atom. The van der Waals surface area contributed by atoms with Crippen LogP contribution >= 0.6 is 10.8 Å². The molecule has 2 atom stereocenters. The van der Waals surface area contributed by atoms with Crippen LogP contribution < -0.4 is 5.73 Å². The Morgan fingerprint density at radius 3 is 2.63 bits per heavy atom. The monoisotopic (exact) mass is 577 g/mol. The molecule has 5 N–H and O–H groups in total. The molecule has 0 amide bonds. The van der Waals surface area contributed by atoms with Crippen LogP contribution in [0, 0.1) is 12.8 Å². The van der Waals surface area contributed by atoms with E-state index in [1.165, 1.54) is 0 Å². The topological polar surface area (TPSA) is 138 Å². The lowest BCUT2D eigenvalue weighted by molar-refractivity contribution is -0.137. The number of carbonyl (C=O) groups is 1. The van der Waals surface area contributed by atoms with Gasteiger partial charge in [-0.05, 0) is 90.2 Å². The molecule has 4 aromatic rings. The van der Waals surface area contributed by atoms with Crippen LogP contribution in [0.25, 0.3) is 11.0 Å². The van der Waals surface area contributed by atoms with Gasteiger partial charge in [-0.15, -0.1) is 15.9 Å². The molecule has 0 saturated heterocycles. The molecule has 218 valence electrons. The van der Waals surface area contributed by atoms with E-state index >= 15 is 0 Å². The second-order valence-electron chi connectivity index (χ2n) is 11.3. The normalized spacial score (nSPS) is 18.5. The first-order chi connectivity index (χ1) is 19.6. The van der Waals surface area contributed by atoms with Crippen LogP contribution in [-0.2, 0) is 31.2 Å². The molecule has 0 saturated carbocycles. The summed E-state index contributed by atoms with van der Waals surface area (Å²) < 4.78 is 26.8. The predicted molar refractivity (Wildman–Crippen MR) is 162 cm³/mol. The molecule has 0 spiro atoms. The van der Waals surface area contributed by atoms with Gasteiger partial charge in [0.25, 0.3) is 0 Å². The second-order valence-corrected chi connectivity index (χ2v) is 13.3. The van der Waals surface area contributed by atoms with E-state index in [4.69, 9.17) is 5.73 Å². The molecular formula is C31H39N5O4S. The number of benzene rings is 3. The molecule has 1 aromatic heterocycles. The van der Waals surface area contributed by atoms with Crippen LogP contribution in [-0.4, -0.2) is 52.6 Å². The second kappa shape index (κ2) is 11.9. The van der Waals surface area contributed by atoms with Gasteiger partial charge in [-0.2, -0.15) is 4.31 Å². The van der Waals surface area contributed by atoms with Crippen molar-refractivity contribution in [2.75, 3.05) is 13.1 Å². The fourth-order valence-electron chi connectivity index (χ4n) is 5.85. The fraction of sp³-hybridized carbons (Fsp3) is 0.387. The lowest BCUT2D eigenvalue weighted by Gasteiger charge is -2.43. The van der Waals surface area contributed by atoms with Crippen molar-refractivity contribution < 1.29 is 19.0 Å². The lowest BCUT2D eigenvalue weighted by Crippen LogP contribution is -2.30. The van der Waals surface area contributed by atoms with Crippen molar-refractivity contribution in [3.63, 3.8) is 0 Å². The first kappa shape index (κ1) is 29.2. The Hall–Kier alpha value is -3.28. The SMILES string of the molecule is Cc1ccc(C(CC(=O)O)c2ccc3c(c2)nnn3C)cc1CN1CC(C)Cc2cc(CCCN)ccc2S1(O)O. The summed E-state index contributed by atoms with van der Waals surface area (Å²) >= 11 is 0. The minimum atomic E-state index is -3.23. The number of carboxylic acids is 1. The molecule has 1 aliphatic rings. The van der Waals surface area contributed by atoms with Gasteiger partial charge in [0.2, 0.25) is 0 Å². The molecule has 9 nitrogen and oxygen atoms in total. The Kier molecular flexibility index (Phi) is 8.49. The third-order valence-electron chi connectivity index (χ3n) is 8.07. The predicted octanol–water partition coefficient (Wildman–Crippen LogP) is 5.49. The van der Waals surface area contributed by atoms with E-state index in [1.807, 2.05) is 62.5 Å². The molecule has 41 heavy (non-hydrogen) atoms. The summed E-state index contributed by atoms with van der Waals surface area (Å²) in [6.07, 6.45) is 2.45. The molecule has 0 aliphatic carbocycles. The third kappa shape index (κ3) is 6.17. The number of rotatable bonds is 9. The number of nitrogens with zero attached hydrogens (tertiary/aromatic N) is 4. The van der Waals surface area contributed by atoms with Gasteiger partial charge in [0.05, 0.1) is 16.8 Å². The highest BCUT2D eigenvalue weighted by Crippen LogP contribution is 2.56.